The summed E-state index contributed by atoms with van der Waals surface area (Å²) in [7, 11) is 0. The first-order valence-electron chi connectivity index (χ1n) is 5.61. The number of aryl methyl sites for hydroxylation is 1. The minimum absolute atomic E-state index is 0.120. The molecule has 18 heavy (non-hydrogen) atoms. The number of thiophene rings is 1. The van der Waals surface area contributed by atoms with Crippen molar-refractivity contribution >= 4 is 34.5 Å². The van der Waals surface area contributed by atoms with Crippen LogP contribution in [-0.2, 0) is 5.41 Å². The van der Waals surface area contributed by atoms with Crippen LogP contribution in [0.3, 0.4) is 0 Å². The standard InChI is InChI=1S/C14H14ClNS2/c1-9-8-16-18-11(9)6-5-10-7-12(14(2,3)4)17-13(10)15/h7-8H,1-4H3. The van der Waals surface area contributed by atoms with Gasteiger partial charge in [0.15, 0.2) is 0 Å². The number of halogens is 1. The second kappa shape index (κ2) is 5.05. The molecule has 0 radical (unpaired) electrons. The molecule has 0 unspecified atom stereocenters. The molecule has 0 fully saturated rings. The number of hydrogen-bond donors (Lipinski definition) is 0. The van der Waals surface area contributed by atoms with Gasteiger partial charge in [0.05, 0.1) is 5.56 Å². The average molecular weight is 296 g/mol. The van der Waals surface area contributed by atoms with Gasteiger partial charge in [-0.2, -0.15) is 4.37 Å². The van der Waals surface area contributed by atoms with Crippen LogP contribution < -0.4 is 0 Å². The molecule has 1 nitrogen and oxygen atoms in total. The van der Waals surface area contributed by atoms with E-state index in [-0.39, 0.29) is 5.41 Å². The average Bonchev–Trinajstić information content (AvgIpc) is 2.82. The first-order chi connectivity index (χ1) is 8.38. The number of aromatic nitrogens is 1. The summed E-state index contributed by atoms with van der Waals surface area (Å²) in [5, 5.41) is 0. The van der Waals surface area contributed by atoms with Gasteiger partial charge in [-0.3, -0.25) is 0 Å². The van der Waals surface area contributed by atoms with E-state index >= 15 is 0 Å². The number of hydrogen-bond acceptors (Lipinski definition) is 3. The highest BCUT2D eigenvalue weighted by atomic mass is 35.5. The maximum atomic E-state index is 6.23. The molecule has 0 amide bonds. The Bertz CT molecular complexity index is 620. The fourth-order valence-electron chi connectivity index (χ4n) is 1.36. The Kier molecular flexibility index (Phi) is 3.82. The molecule has 4 heteroatoms. The fourth-order valence-corrected chi connectivity index (χ4v) is 3.21. The first kappa shape index (κ1) is 13.6. The molecular formula is C14H14ClNS2. The van der Waals surface area contributed by atoms with Gasteiger partial charge in [0.25, 0.3) is 0 Å². The van der Waals surface area contributed by atoms with Gasteiger partial charge in [-0.05, 0) is 41.4 Å². The van der Waals surface area contributed by atoms with Crippen molar-refractivity contribution in [2.24, 2.45) is 0 Å². The zero-order valence-electron chi connectivity index (χ0n) is 10.8. The maximum Gasteiger partial charge on any atom is 0.109 e. The van der Waals surface area contributed by atoms with Gasteiger partial charge < -0.3 is 0 Å². The first-order valence-corrected chi connectivity index (χ1v) is 7.58. The molecule has 2 heterocycles. The Morgan fingerprint density at radius 3 is 2.50 bits per heavy atom. The van der Waals surface area contributed by atoms with Gasteiger partial charge in [-0.25, -0.2) is 0 Å². The van der Waals surface area contributed by atoms with Crippen molar-refractivity contribution in [3.05, 3.63) is 37.5 Å². The zero-order chi connectivity index (χ0) is 13.3. The molecule has 0 N–H and O–H groups in total. The molecule has 0 aliphatic rings. The third kappa shape index (κ3) is 2.95. The molecule has 0 saturated heterocycles. The van der Waals surface area contributed by atoms with E-state index in [0.717, 1.165) is 20.3 Å². The van der Waals surface area contributed by atoms with Crippen molar-refractivity contribution < 1.29 is 0 Å². The Morgan fingerprint density at radius 2 is 2.00 bits per heavy atom. The van der Waals surface area contributed by atoms with E-state index in [1.54, 1.807) is 11.3 Å². The van der Waals surface area contributed by atoms with Gasteiger partial charge >= 0.3 is 0 Å². The van der Waals surface area contributed by atoms with E-state index in [1.807, 2.05) is 13.1 Å². The molecule has 0 aliphatic carbocycles. The normalized spacial score (nSPS) is 11.2. The summed E-state index contributed by atoms with van der Waals surface area (Å²) in [4.78, 5) is 2.27. The van der Waals surface area contributed by atoms with Crippen LogP contribution in [0, 0.1) is 18.8 Å². The zero-order valence-corrected chi connectivity index (χ0v) is 13.2. The summed E-state index contributed by atoms with van der Waals surface area (Å²) in [5.74, 6) is 6.29. The van der Waals surface area contributed by atoms with Crippen molar-refractivity contribution in [3.63, 3.8) is 0 Å². The van der Waals surface area contributed by atoms with Gasteiger partial charge in [0.2, 0.25) is 0 Å². The van der Waals surface area contributed by atoms with E-state index in [4.69, 9.17) is 11.6 Å². The summed E-state index contributed by atoms with van der Waals surface area (Å²) in [6, 6.07) is 2.09. The lowest BCUT2D eigenvalue weighted by molar-refractivity contribution is 0.604. The highest BCUT2D eigenvalue weighted by molar-refractivity contribution is 7.16. The van der Waals surface area contributed by atoms with Crippen LogP contribution in [-0.4, -0.2) is 4.37 Å². The molecule has 94 valence electrons. The largest absolute Gasteiger partial charge is 0.200 e. The molecule has 0 aliphatic heterocycles. The number of nitrogens with zero attached hydrogens (tertiary/aromatic N) is 1. The van der Waals surface area contributed by atoms with Gasteiger partial charge in [-0.1, -0.05) is 38.3 Å². The topological polar surface area (TPSA) is 12.9 Å². The van der Waals surface area contributed by atoms with Crippen LogP contribution in [0.4, 0.5) is 0 Å². The molecule has 0 aromatic carbocycles. The fraction of sp³-hybridized carbons (Fsp3) is 0.357. The Hall–Kier alpha value is -0.820. The number of rotatable bonds is 0. The third-order valence-corrected chi connectivity index (χ3v) is 5.09. The second-order valence-corrected chi connectivity index (χ2v) is 7.59. The molecule has 2 aromatic heterocycles. The summed E-state index contributed by atoms with van der Waals surface area (Å²) >= 11 is 9.27. The van der Waals surface area contributed by atoms with Crippen molar-refractivity contribution in [2.75, 3.05) is 0 Å². The summed E-state index contributed by atoms with van der Waals surface area (Å²) < 4.78 is 4.88. The van der Waals surface area contributed by atoms with E-state index in [9.17, 15) is 0 Å². The minimum Gasteiger partial charge on any atom is -0.200 e. The predicted octanol–water partition coefficient (Wildman–Crippen LogP) is 4.86. The lowest BCUT2D eigenvalue weighted by Crippen LogP contribution is -2.07. The van der Waals surface area contributed by atoms with Crippen LogP contribution in [0.1, 0.15) is 41.7 Å². The summed E-state index contributed by atoms with van der Waals surface area (Å²) in [5.41, 5.74) is 2.16. The smallest absolute Gasteiger partial charge is 0.109 e. The van der Waals surface area contributed by atoms with E-state index in [0.29, 0.717) is 0 Å². The molecule has 0 saturated carbocycles. The molecule has 0 bridgehead atoms. The van der Waals surface area contributed by atoms with Crippen LogP contribution >= 0.6 is 34.5 Å². The minimum atomic E-state index is 0.120. The van der Waals surface area contributed by atoms with Crippen LogP contribution in [0.5, 0.6) is 0 Å². The predicted molar refractivity (Wildman–Crippen MR) is 80.9 cm³/mol. The van der Waals surface area contributed by atoms with Crippen molar-refractivity contribution in [1.82, 2.24) is 4.37 Å². The molecule has 2 aromatic rings. The van der Waals surface area contributed by atoms with Gasteiger partial charge in [-0.15, -0.1) is 11.3 Å². The monoisotopic (exact) mass is 295 g/mol. The van der Waals surface area contributed by atoms with Gasteiger partial charge in [0.1, 0.15) is 9.21 Å². The molecule has 0 spiro atoms. The molecule has 0 atom stereocenters. The highest BCUT2D eigenvalue weighted by Gasteiger charge is 2.18. The summed E-state index contributed by atoms with van der Waals surface area (Å²) in [6.45, 7) is 8.56. The quantitative estimate of drug-likeness (QED) is 0.632. The van der Waals surface area contributed by atoms with Crippen LogP contribution in [0.25, 0.3) is 0 Å². The third-order valence-electron chi connectivity index (χ3n) is 2.49. The van der Waals surface area contributed by atoms with Crippen molar-refractivity contribution in [3.8, 4) is 11.8 Å². The highest BCUT2D eigenvalue weighted by Crippen LogP contribution is 2.35. The molecule has 2 rings (SSSR count). The Balaban J connectivity index is 2.34. The Labute approximate surface area is 121 Å². The lowest BCUT2D eigenvalue weighted by atomic mass is 9.94. The lowest BCUT2D eigenvalue weighted by Gasteiger charge is -2.14. The maximum absolute atomic E-state index is 6.23. The van der Waals surface area contributed by atoms with Crippen molar-refractivity contribution in [1.29, 1.82) is 0 Å². The van der Waals surface area contributed by atoms with E-state index < -0.39 is 0 Å². The second-order valence-electron chi connectivity index (χ2n) is 5.14. The van der Waals surface area contributed by atoms with Gasteiger partial charge in [0, 0.05) is 11.1 Å². The molecular weight excluding hydrogens is 282 g/mol. The SMILES string of the molecule is Cc1cnsc1C#Cc1cc(C(C)(C)C)sc1Cl. The van der Waals surface area contributed by atoms with Crippen molar-refractivity contribution in [2.45, 2.75) is 33.1 Å². The van der Waals surface area contributed by atoms with E-state index in [2.05, 4.69) is 43.1 Å². The Morgan fingerprint density at radius 1 is 1.28 bits per heavy atom. The summed E-state index contributed by atoms with van der Waals surface area (Å²) in [6.07, 6.45) is 1.84. The van der Waals surface area contributed by atoms with Crippen LogP contribution in [0.15, 0.2) is 12.3 Å². The van der Waals surface area contributed by atoms with Crippen LogP contribution in [0.2, 0.25) is 4.34 Å². The van der Waals surface area contributed by atoms with E-state index in [1.165, 1.54) is 16.4 Å².